The van der Waals surface area contributed by atoms with Crippen LogP contribution >= 0.6 is 27.7 Å². The minimum Gasteiger partial charge on any atom is -0.465 e. The number of nitrogens with zero attached hydrogens (tertiary/aromatic N) is 1. The van der Waals surface area contributed by atoms with E-state index in [1.807, 2.05) is 24.3 Å². The Bertz CT molecular complexity index is 679. The van der Waals surface area contributed by atoms with Crippen LogP contribution in [0.15, 0.2) is 50.9 Å². The van der Waals surface area contributed by atoms with Crippen molar-refractivity contribution in [2.75, 3.05) is 0 Å². The molecule has 108 valence electrons. The second kappa shape index (κ2) is 7.24. The summed E-state index contributed by atoms with van der Waals surface area (Å²) in [5.41, 5.74) is 1.31. The number of aldehydes is 1. The van der Waals surface area contributed by atoms with E-state index in [1.54, 1.807) is 12.3 Å². The molecule has 0 aliphatic heterocycles. The Labute approximate surface area is 133 Å². The number of carbonyl (C=O) groups excluding carboxylic acids is 1. The molecular formula is C14H11BrN2O3S. The Balaban J connectivity index is 2.27. The Morgan fingerprint density at radius 3 is 2.90 bits per heavy atom. The van der Waals surface area contributed by atoms with Crippen molar-refractivity contribution in [3.05, 3.63) is 52.1 Å². The lowest BCUT2D eigenvalue weighted by Gasteiger charge is -2.09. The molecule has 0 saturated heterocycles. The van der Waals surface area contributed by atoms with E-state index in [0.29, 0.717) is 10.6 Å². The molecule has 0 aliphatic rings. The van der Waals surface area contributed by atoms with Crippen molar-refractivity contribution < 1.29 is 14.7 Å². The number of nitrogens with one attached hydrogen (secondary N) is 1. The second-order valence-corrected chi connectivity index (χ2v) is 5.98. The van der Waals surface area contributed by atoms with Crippen LogP contribution in [0.1, 0.15) is 15.9 Å². The van der Waals surface area contributed by atoms with Gasteiger partial charge in [-0.3, -0.25) is 4.79 Å². The summed E-state index contributed by atoms with van der Waals surface area (Å²) in [5.74, 6) is 0. The summed E-state index contributed by atoms with van der Waals surface area (Å²) in [6, 6.07) is 9.07. The lowest BCUT2D eigenvalue weighted by molar-refractivity contribution is 0.112. The summed E-state index contributed by atoms with van der Waals surface area (Å²) >= 11 is 4.60. The number of carbonyl (C=O) groups is 2. The molecule has 1 amide bonds. The first-order valence-corrected chi connectivity index (χ1v) is 7.54. The number of benzene rings is 1. The number of pyridine rings is 1. The summed E-state index contributed by atoms with van der Waals surface area (Å²) in [6.07, 6.45) is 1.29. The van der Waals surface area contributed by atoms with Gasteiger partial charge in [0.1, 0.15) is 5.03 Å². The number of aromatic nitrogens is 1. The third kappa shape index (κ3) is 4.30. The molecule has 0 unspecified atom stereocenters. The van der Waals surface area contributed by atoms with Crippen LogP contribution in [0.5, 0.6) is 0 Å². The Morgan fingerprint density at radius 1 is 1.43 bits per heavy atom. The summed E-state index contributed by atoms with van der Waals surface area (Å²) < 4.78 is 0.731. The Hall–Kier alpha value is -1.86. The molecule has 2 rings (SSSR count). The number of hydrogen-bond donors (Lipinski definition) is 2. The molecule has 1 aromatic heterocycles. The van der Waals surface area contributed by atoms with Crippen molar-refractivity contribution in [1.82, 2.24) is 10.3 Å². The lowest BCUT2D eigenvalue weighted by atomic mass is 10.2. The van der Waals surface area contributed by atoms with Crippen LogP contribution in [0.4, 0.5) is 4.79 Å². The van der Waals surface area contributed by atoms with E-state index in [0.717, 1.165) is 21.2 Å². The summed E-state index contributed by atoms with van der Waals surface area (Å²) in [5, 5.41) is 11.6. The maximum Gasteiger partial charge on any atom is 0.404 e. The molecule has 0 radical (unpaired) electrons. The fourth-order valence-electron chi connectivity index (χ4n) is 1.64. The predicted molar refractivity (Wildman–Crippen MR) is 82.8 cm³/mol. The molecule has 0 fully saturated rings. The number of halogens is 1. The summed E-state index contributed by atoms with van der Waals surface area (Å²) in [7, 11) is 0. The highest BCUT2D eigenvalue weighted by atomic mass is 79.9. The van der Waals surface area contributed by atoms with E-state index in [2.05, 4.69) is 26.2 Å². The van der Waals surface area contributed by atoms with E-state index >= 15 is 0 Å². The summed E-state index contributed by atoms with van der Waals surface area (Å²) in [4.78, 5) is 26.8. The minimum atomic E-state index is -1.08. The quantitative estimate of drug-likeness (QED) is 0.790. The molecule has 0 bridgehead atoms. The molecule has 0 atom stereocenters. The Morgan fingerprint density at radius 2 is 2.19 bits per heavy atom. The predicted octanol–water partition coefficient (Wildman–Crippen LogP) is 3.58. The van der Waals surface area contributed by atoms with Gasteiger partial charge in [0, 0.05) is 27.7 Å². The van der Waals surface area contributed by atoms with Crippen molar-refractivity contribution in [1.29, 1.82) is 0 Å². The molecule has 5 nitrogen and oxygen atoms in total. The summed E-state index contributed by atoms with van der Waals surface area (Å²) in [6.45, 7) is 0.200. The van der Waals surface area contributed by atoms with E-state index in [1.165, 1.54) is 11.8 Å². The zero-order valence-corrected chi connectivity index (χ0v) is 13.1. The smallest absolute Gasteiger partial charge is 0.404 e. The van der Waals surface area contributed by atoms with Crippen LogP contribution in [0.3, 0.4) is 0 Å². The molecule has 0 spiro atoms. The molecule has 0 saturated carbocycles. The van der Waals surface area contributed by atoms with Gasteiger partial charge in [-0.25, -0.2) is 9.78 Å². The zero-order valence-electron chi connectivity index (χ0n) is 10.7. The highest BCUT2D eigenvalue weighted by Gasteiger charge is 2.10. The van der Waals surface area contributed by atoms with Crippen LogP contribution in [-0.2, 0) is 6.54 Å². The van der Waals surface area contributed by atoms with Crippen molar-refractivity contribution in [3.8, 4) is 0 Å². The Kier molecular flexibility index (Phi) is 5.35. The van der Waals surface area contributed by atoms with Gasteiger partial charge in [0.2, 0.25) is 0 Å². The minimum absolute atomic E-state index is 0.200. The van der Waals surface area contributed by atoms with Crippen molar-refractivity contribution in [2.24, 2.45) is 0 Å². The van der Waals surface area contributed by atoms with E-state index in [9.17, 15) is 9.59 Å². The van der Waals surface area contributed by atoms with Crippen LogP contribution in [0.25, 0.3) is 0 Å². The van der Waals surface area contributed by atoms with Gasteiger partial charge in [-0.2, -0.15) is 0 Å². The standard InChI is InChI=1S/C14H11BrN2O3S/c15-11-5-10(8-18)13(16-7-11)21-12-4-2-1-3-9(12)6-17-14(19)20/h1-5,7-8,17H,6H2,(H,19,20). The molecule has 21 heavy (non-hydrogen) atoms. The van der Waals surface area contributed by atoms with Crippen molar-refractivity contribution in [2.45, 2.75) is 16.5 Å². The number of rotatable bonds is 5. The largest absolute Gasteiger partial charge is 0.465 e. The van der Waals surface area contributed by atoms with Gasteiger partial charge in [0.15, 0.2) is 6.29 Å². The molecule has 0 aliphatic carbocycles. The van der Waals surface area contributed by atoms with Gasteiger partial charge < -0.3 is 10.4 Å². The monoisotopic (exact) mass is 366 g/mol. The van der Waals surface area contributed by atoms with E-state index < -0.39 is 6.09 Å². The maximum atomic E-state index is 11.1. The normalized spacial score (nSPS) is 10.1. The van der Waals surface area contributed by atoms with Crippen LogP contribution in [0, 0.1) is 0 Å². The van der Waals surface area contributed by atoms with Gasteiger partial charge in [-0.15, -0.1) is 0 Å². The van der Waals surface area contributed by atoms with Gasteiger partial charge in [-0.1, -0.05) is 30.0 Å². The maximum absolute atomic E-state index is 11.1. The van der Waals surface area contributed by atoms with Gasteiger partial charge in [-0.05, 0) is 33.6 Å². The second-order valence-electron chi connectivity index (χ2n) is 4.03. The van der Waals surface area contributed by atoms with Crippen LogP contribution in [-0.4, -0.2) is 22.5 Å². The highest BCUT2D eigenvalue weighted by molar-refractivity contribution is 9.10. The molecule has 7 heteroatoms. The van der Waals surface area contributed by atoms with Crippen LogP contribution in [0.2, 0.25) is 0 Å². The fraction of sp³-hybridized carbons (Fsp3) is 0.0714. The molecule has 1 heterocycles. The third-order valence-corrected chi connectivity index (χ3v) is 4.17. The van der Waals surface area contributed by atoms with Crippen LogP contribution < -0.4 is 5.32 Å². The molecular weight excluding hydrogens is 356 g/mol. The number of amides is 1. The highest BCUT2D eigenvalue weighted by Crippen LogP contribution is 2.31. The topological polar surface area (TPSA) is 79.3 Å². The lowest BCUT2D eigenvalue weighted by Crippen LogP contribution is -2.20. The number of hydrogen-bond acceptors (Lipinski definition) is 4. The average Bonchev–Trinajstić information content (AvgIpc) is 2.48. The first kappa shape index (κ1) is 15.5. The first-order chi connectivity index (χ1) is 10.1. The molecule has 2 aromatic rings. The average molecular weight is 367 g/mol. The van der Waals surface area contributed by atoms with Gasteiger partial charge in [0.05, 0.1) is 0 Å². The first-order valence-electron chi connectivity index (χ1n) is 5.93. The molecule has 1 aromatic carbocycles. The third-order valence-electron chi connectivity index (χ3n) is 2.58. The van der Waals surface area contributed by atoms with Crippen molar-refractivity contribution in [3.63, 3.8) is 0 Å². The fourth-order valence-corrected chi connectivity index (χ4v) is 2.94. The van der Waals surface area contributed by atoms with Crippen molar-refractivity contribution >= 4 is 40.1 Å². The molecule has 2 N–H and O–H groups in total. The van der Waals surface area contributed by atoms with Gasteiger partial charge >= 0.3 is 6.09 Å². The zero-order chi connectivity index (χ0) is 15.2. The number of carboxylic acid groups (broad SMARTS) is 1. The van der Waals surface area contributed by atoms with E-state index in [-0.39, 0.29) is 6.54 Å². The van der Waals surface area contributed by atoms with Gasteiger partial charge in [0.25, 0.3) is 0 Å². The van der Waals surface area contributed by atoms with E-state index in [4.69, 9.17) is 5.11 Å². The SMILES string of the molecule is O=Cc1cc(Br)cnc1Sc1ccccc1CNC(=O)O.